The van der Waals surface area contributed by atoms with Crippen LogP contribution in [-0.4, -0.2) is 24.5 Å². The Labute approximate surface area is 244 Å². The molecule has 42 heavy (non-hydrogen) atoms. The fourth-order valence-corrected chi connectivity index (χ4v) is 7.12. The van der Waals surface area contributed by atoms with Crippen molar-refractivity contribution in [2.75, 3.05) is 0 Å². The molecule has 0 radical (unpaired) electrons. The van der Waals surface area contributed by atoms with E-state index in [1.165, 1.54) is 15.8 Å². The van der Waals surface area contributed by atoms with E-state index in [2.05, 4.69) is 118 Å². The Balaban J connectivity index is 1.36. The third-order valence-corrected chi connectivity index (χ3v) is 9.09. The van der Waals surface area contributed by atoms with Gasteiger partial charge in [-0.25, -0.2) is 19.9 Å². The molecule has 0 N–H and O–H groups in total. The van der Waals surface area contributed by atoms with Crippen LogP contribution in [0, 0.1) is 0 Å². The van der Waals surface area contributed by atoms with Crippen LogP contribution in [0.15, 0.2) is 128 Å². The molecule has 0 bridgehead atoms. The lowest BCUT2D eigenvalue weighted by Crippen LogP contribution is -2.03. The van der Waals surface area contributed by atoms with E-state index in [0.29, 0.717) is 5.95 Å². The molecule has 9 aromatic rings. The molecule has 4 heterocycles. The Morgan fingerprint density at radius 1 is 0.571 bits per heavy atom. The summed E-state index contributed by atoms with van der Waals surface area (Å²) in [7, 11) is 0. The van der Waals surface area contributed by atoms with Crippen molar-refractivity contribution in [1.29, 1.82) is 0 Å². The van der Waals surface area contributed by atoms with Crippen LogP contribution in [0.2, 0.25) is 0 Å². The van der Waals surface area contributed by atoms with Crippen molar-refractivity contribution in [1.82, 2.24) is 24.5 Å². The molecule has 0 fully saturated rings. The van der Waals surface area contributed by atoms with Crippen LogP contribution < -0.4 is 0 Å². The summed E-state index contributed by atoms with van der Waals surface area (Å²) >= 11 is 1.69. The number of thiophene rings is 1. The summed E-state index contributed by atoms with van der Waals surface area (Å²) in [5.41, 5.74) is 7.38. The summed E-state index contributed by atoms with van der Waals surface area (Å²) < 4.78 is 3.39. The standard InChI is InChI=1S/C36H21N5S/c1-2-8-22(9-3-1)23-14-16-24(17-15-23)33-27-11-4-6-12-29(27)39-36(40-33)41-30-13-7-5-10-25(30)26-18-19-31-32(34(26)41)28-20-37-21-38-35(28)42-31/h1-21H. The van der Waals surface area contributed by atoms with Gasteiger partial charge in [0, 0.05) is 43.4 Å². The van der Waals surface area contributed by atoms with Gasteiger partial charge in [-0.05, 0) is 29.3 Å². The van der Waals surface area contributed by atoms with Crippen LogP contribution in [0.1, 0.15) is 0 Å². The Morgan fingerprint density at radius 3 is 2.19 bits per heavy atom. The molecule has 6 heteroatoms. The fraction of sp³-hybridized carbons (Fsp3) is 0. The average Bonchev–Trinajstić information content (AvgIpc) is 3.60. The first-order valence-corrected chi connectivity index (χ1v) is 14.6. The molecule has 5 nitrogen and oxygen atoms in total. The van der Waals surface area contributed by atoms with Crippen LogP contribution in [-0.2, 0) is 0 Å². The van der Waals surface area contributed by atoms with Crippen molar-refractivity contribution >= 4 is 64.3 Å². The number of rotatable bonds is 3. The van der Waals surface area contributed by atoms with Gasteiger partial charge in [0.2, 0.25) is 5.95 Å². The minimum atomic E-state index is 0.644. The third-order valence-electron chi connectivity index (χ3n) is 8.01. The maximum atomic E-state index is 5.31. The molecule has 0 aliphatic heterocycles. The molecule has 9 rings (SSSR count). The van der Waals surface area contributed by atoms with Gasteiger partial charge < -0.3 is 0 Å². The molecular weight excluding hydrogens is 534 g/mol. The lowest BCUT2D eigenvalue weighted by molar-refractivity contribution is 1.02. The summed E-state index contributed by atoms with van der Waals surface area (Å²) in [6, 6.07) is 40.3. The number of nitrogens with zero attached hydrogens (tertiary/aromatic N) is 5. The van der Waals surface area contributed by atoms with Crippen LogP contribution in [0.3, 0.4) is 0 Å². The normalized spacial score (nSPS) is 11.8. The highest BCUT2D eigenvalue weighted by molar-refractivity contribution is 7.25. The molecule has 0 aliphatic carbocycles. The Morgan fingerprint density at radius 2 is 1.31 bits per heavy atom. The highest BCUT2D eigenvalue weighted by atomic mass is 32.1. The van der Waals surface area contributed by atoms with Crippen molar-refractivity contribution in [3.63, 3.8) is 0 Å². The number of hydrogen-bond donors (Lipinski definition) is 0. The minimum Gasteiger partial charge on any atom is -0.277 e. The first-order chi connectivity index (χ1) is 20.8. The Hall–Kier alpha value is -5.46. The van der Waals surface area contributed by atoms with Gasteiger partial charge >= 0.3 is 0 Å². The smallest absolute Gasteiger partial charge is 0.235 e. The average molecular weight is 556 g/mol. The van der Waals surface area contributed by atoms with Crippen molar-refractivity contribution in [2.24, 2.45) is 0 Å². The molecule has 0 spiro atoms. The van der Waals surface area contributed by atoms with Gasteiger partial charge in [-0.15, -0.1) is 11.3 Å². The molecule has 0 unspecified atom stereocenters. The van der Waals surface area contributed by atoms with Crippen LogP contribution in [0.5, 0.6) is 0 Å². The SMILES string of the molecule is c1ccc(-c2ccc(-c3nc(-n4c5ccccc5c5ccc6sc7ncncc7c6c54)nc4ccccc34)cc2)cc1. The molecule has 196 valence electrons. The zero-order valence-corrected chi connectivity index (χ0v) is 23.1. The van der Waals surface area contributed by atoms with Gasteiger partial charge in [0.1, 0.15) is 11.2 Å². The Bertz CT molecular complexity index is 2460. The monoisotopic (exact) mass is 555 g/mol. The fourth-order valence-electron chi connectivity index (χ4n) is 6.10. The largest absolute Gasteiger partial charge is 0.277 e. The third kappa shape index (κ3) is 3.42. The predicted molar refractivity (Wildman–Crippen MR) is 173 cm³/mol. The second kappa shape index (κ2) is 9.03. The number of para-hydroxylation sites is 2. The van der Waals surface area contributed by atoms with Gasteiger partial charge in [0.15, 0.2) is 0 Å². The van der Waals surface area contributed by atoms with Crippen LogP contribution in [0.25, 0.3) is 81.3 Å². The maximum absolute atomic E-state index is 5.31. The van der Waals surface area contributed by atoms with E-state index >= 15 is 0 Å². The number of benzene rings is 5. The van der Waals surface area contributed by atoms with Gasteiger partial charge in [0.25, 0.3) is 0 Å². The molecule has 0 saturated heterocycles. The van der Waals surface area contributed by atoms with E-state index in [1.54, 1.807) is 17.7 Å². The van der Waals surface area contributed by atoms with E-state index in [-0.39, 0.29) is 0 Å². The molecular formula is C36H21N5S. The molecule has 0 amide bonds. The number of aromatic nitrogens is 5. The van der Waals surface area contributed by atoms with E-state index in [0.717, 1.165) is 59.6 Å². The quantitative estimate of drug-likeness (QED) is 0.218. The van der Waals surface area contributed by atoms with Crippen molar-refractivity contribution in [2.45, 2.75) is 0 Å². The summed E-state index contributed by atoms with van der Waals surface area (Å²) in [6.07, 6.45) is 3.54. The second-order valence-electron chi connectivity index (χ2n) is 10.4. The van der Waals surface area contributed by atoms with E-state index in [9.17, 15) is 0 Å². The van der Waals surface area contributed by atoms with Crippen molar-refractivity contribution < 1.29 is 0 Å². The van der Waals surface area contributed by atoms with Crippen molar-refractivity contribution in [3.05, 3.63) is 128 Å². The van der Waals surface area contributed by atoms with Crippen LogP contribution >= 0.6 is 11.3 Å². The van der Waals surface area contributed by atoms with Gasteiger partial charge in [-0.3, -0.25) is 4.57 Å². The van der Waals surface area contributed by atoms with E-state index in [4.69, 9.17) is 9.97 Å². The molecule has 4 aromatic heterocycles. The summed E-state index contributed by atoms with van der Waals surface area (Å²) in [6.45, 7) is 0. The highest BCUT2D eigenvalue weighted by Gasteiger charge is 2.21. The summed E-state index contributed by atoms with van der Waals surface area (Å²) in [5.74, 6) is 0.644. The first-order valence-electron chi connectivity index (χ1n) is 13.8. The van der Waals surface area contributed by atoms with E-state index < -0.39 is 0 Å². The molecule has 0 saturated carbocycles. The topological polar surface area (TPSA) is 56.5 Å². The summed E-state index contributed by atoms with van der Waals surface area (Å²) in [4.78, 5) is 20.4. The van der Waals surface area contributed by atoms with Gasteiger partial charge in [-0.2, -0.15) is 0 Å². The molecule has 0 atom stereocenters. The van der Waals surface area contributed by atoms with Gasteiger partial charge in [-0.1, -0.05) is 97.1 Å². The molecule has 0 aliphatic rings. The van der Waals surface area contributed by atoms with E-state index in [1.807, 2.05) is 18.3 Å². The zero-order chi connectivity index (χ0) is 27.6. The van der Waals surface area contributed by atoms with Crippen LogP contribution in [0.4, 0.5) is 0 Å². The highest BCUT2D eigenvalue weighted by Crippen LogP contribution is 2.42. The number of fused-ring (bicyclic) bond motifs is 8. The lowest BCUT2D eigenvalue weighted by atomic mass is 10.0. The second-order valence-corrected chi connectivity index (χ2v) is 11.4. The first kappa shape index (κ1) is 23.3. The maximum Gasteiger partial charge on any atom is 0.235 e. The molecule has 5 aromatic carbocycles. The van der Waals surface area contributed by atoms with Crippen molar-refractivity contribution in [3.8, 4) is 28.3 Å². The minimum absolute atomic E-state index is 0.644. The zero-order valence-electron chi connectivity index (χ0n) is 22.3. The number of hydrogen-bond acceptors (Lipinski definition) is 5. The summed E-state index contributed by atoms with van der Waals surface area (Å²) in [5, 5.41) is 5.52. The predicted octanol–water partition coefficient (Wildman–Crippen LogP) is 9.22. The Kier molecular flexibility index (Phi) is 5.00. The lowest BCUT2D eigenvalue weighted by Gasteiger charge is -2.12. The van der Waals surface area contributed by atoms with Gasteiger partial charge in [0.05, 0.1) is 22.2 Å².